The van der Waals surface area contributed by atoms with Gasteiger partial charge in [-0.05, 0) is 32.8 Å². The van der Waals surface area contributed by atoms with Gasteiger partial charge < -0.3 is 14.8 Å². The maximum absolute atomic E-state index is 12.7. The van der Waals surface area contributed by atoms with Crippen LogP contribution in [0.25, 0.3) is 0 Å². The molecule has 8 nitrogen and oxygen atoms in total. The van der Waals surface area contributed by atoms with E-state index in [1.54, 1.807) is 20.8 Å². The van der Waals surface area contributed by atoms with E-state index in [4.69, 9.17) is 21.1 Å². The summed E-state index contributed by atoms with van der Waals surface area (Å²) in [4.78, 5) is 37.5. The third-order valence-electron chi connectivity index (χ3n) is 4.13. The lowest BCUT2D eigenvalue weighted by atomic mass is 10.1. The van der Waals surface area contributed by atoms with Gasteiger partial charge in [0.2, 0.25) is 5.91 Å². The van der Waals surface area contributed by atoms with Gasteiger partial charge in [-0.3, -0.25) is 9.48 Å². The molecule has 2 aromatic rings. The number of aromatic nitrogens is 2. The predicted octanol–water partition coefficient (Wildman–Crippen LogP) is 3.77. The average molecular weight is 428 g/mol. The minimum Gasteiger partial charge on any atom is -0.465 e. The Bertz CT molecular complexity index is 905. The van der Waals surface area contributed by atoms with Crippen LogP contribution in [-0.2, 0) is 14.3 Å². The number of methoxy groups -OCH3 is 1. The number of ether oxygens (including phenoxy) is 2. The van der Waals surface area contributed by atoms with Crippen molar-refractivity contribution >= 4 is 45.8 Å². The van der Waals surface area contributed by atoms with Crippen LogP contribution >= 0.6 is 22.9 Å². The van der Waals surface area contributed by atoms with Gasteiger partial charge >= 0.3 is 11.9 Å². The lowest BCUT2D eigenvalue weighted by Crippen LogP contribution is -2.25. The van der Waals surface area contributed by atoms with Crippen LogP contribution in [0.3, 0.4) is 0 Å². The molecule has 0 fully saturated rings. The predicted molar refractivity (Wildman–Crippen MR) is 106 cm³/mol. The summed E-state index contributed by atoms with van der Waals surface area (Å²) in [5, 5.41) is 7.49. The van der Waals surface area contributed by atoms with Gasteiger partial charge in [-0.2, -0.15) is 5.10 Å². The number of carbonyl (C=O) groups is 3. The molecule has 0 aliphatic rings. The number of nitrogens with one attached hydrogen (secondary N) is 1. The van der Waals surface area contributed by atoms with Crippen molar-refractivity contribution in [1.29, 1.82) is 0 Å². The van der Waals surface area contributed by atoms with Crippen LogP contribution in [0, 0.1) is 13.8 Å². The van der Waals surface area contributed by atoms with Crippen molar-refractivity contribution in [3.63, 3.8) is 0 Å². The maximum Gasteiger partial charge on any atom is 0.348 e. The van der Waals surface area contributed by atoms with Crippen LogP contribution in [-0.4, -0.2) is 41.3 Å². The molecule has 0 aliphatic carbocycles. The zero-order chi connectivity index (χ0) is 21.0. The second-order valence-corrected chi connectivity index (χ2v) is 7.50. The molecule has 1 N–H and O–H groups in total. The largest absolute Gasteiger partial charge is 0.465 e. The Morgan fingerprint density at radius 2 is 2.00 bits per heavy atom. The Kier molecular flexibility index (Phi) is 7.20. The second kappa shape index (κ2) is 9.20. The summed E-state index contributed by atoms with van der Waals surface area (Å²) < 4.78 is 11.4. The van der Waals surface area contributed by atoms with Crippen LogP contribution < -0.4 is 5.32 Å². The van der Waals surface area contributed by atoms with E-state index in [1.165, 1.54) is 18.0 Å². The fourth-order valence-corrected chi connectivity index (χ4v) is 3.77. The molecule has 0 radical (unpaired) electrons. The zero-order valence-corrected chi connectivity index (χ0v) is 17.9. The van der Waals surface area contributed by atoms with E-state index >= 15 is 0 Å². The summed E-state index contributed by atoms with van der Waals surface area (Å²) in [6, 6.07) is -0.684. The summed E-state index contributed by atoms with van der Waals surface area (Å²) in [5.74, 6) is -1.60. The van der Waals surface area contributed by atoms with Crippen LogP contribution in [0.2, 0.25) is 5.02 Å². The molecule has 0 saturated carbocycles. The van der Waals surface area contributed by atoms with E-state index in [1.807, 2.05) is 6.92 Å². The molecule has 0 bridgehead atoms. The molecule has 2 heterocycles. The molecule has 2 aromatic heterocycles. The third kappa shape index (κ3) is 4.36. The molecule has 0 spiro atoms. The number of nitrogens with zero attached hydrogens (tertiary/aromatic N) is 2. The summed E-state index contributed by atoms with van der Waals surface area (Å²) in [7, 11) is 1.25. The molecule has 2 rings (SSSR count). The van der Waals surface area contributed by atoms with Gasteiger partial charge in [0, 0.05) is 0 Å². The number of rotatable bonds is 7. The van der Waals surface area contributed by atoms with Gasteiger partial charge in [-0.1, -0.05) is 18.5 Å². The smallest absolute Gasteiger partial charge is 0.348 e. The highest BCUT2D eigenvalue weighted by atomic mass is 35.5. The molecule has 0 aromatic carbocycles. The number of carbonyl (C=O) groups excluding carboxylic acids is 3. The first-order valence-corrected chi connectivity index (χ1v) is 9.81. The van der Waals surface area contributed by atoms with Crippen LogP contribution in [0.5, 0.6) is 0 Å². The van der Waals surface area contributed by atoms with E-state index < -0.39 is 23.9 Å². The zero-order valence-electron chi connectivity index (χ0n) is 16.3. The quantitative estimate of drug-likeness (QED) is 0.675. The van der Waals surface area contributed by atoms with Gasteiger partial charge in [0.1, 0.15) is 15.9 Å². The molecule has 10 heteroatoms. The van der Waals surface area contributed by atoms with Crippen molar-refractivity contribution in [1.82, 2.24) is 9.78 Å². The molecule has 1 amide bonds. The normalized spacial score (nSPS) is 11.8. The van der Waals surface area contributed by atoms with E-state index in [2.05, 4.69) is 10.4 Å². The summed E-state index contributed by atoms with van der Waals surface area (Å²) >= 11 is 6.97. The molecule has 0 aliphatic heterocycles. The number of amides is 1. The molecule has 0 saturated heterocycles. The fraction of sp³-hybridized carbons (Fsp3) is 0.444. The lowest BCUT2D eigenvalue weighted by molar-refractivity contribution is -0.119. The van der Waals surface area contributed by atoms with Crippen molar-refractivity contribution < 1.29 is 23.9 Å². The maximum atomic E-state index is 12.7. The first-order chi connectivity index (χ1) is 13.2. The first-order valence-electron chi connectivity index (χ1n) is 8.62. The Balaban J connectivity index is 2.37. The highest BCUT2D eigenvalue weighted by molar-refractivity contribution is 7.18. The van der Waals surface area contributed by atoms with Gasteiger partial charge in [-0.25, -0.2) is 9.59 Å². The van der Waals surface area contributed by atoms with Crippen molar-refractivity contribution in [3.05, 3.63) is 32.9 Å². The van der Waals surface area contributed by atoms with E-state index in [0.717, 1.165) is 11.3 Å². The number of hydrogen-bond acceptors (Lipinski definition) is 7. The molecule has 1 atom stereocenters. The van der Waals surface area contributed by atoms with Crippen molar-refractivity contribution in [2.45, 2.75) is 40.2 Å². The van der Waals surface area contributed by atoms with Gasteiger partial charge in [0.15, 0.2) is 0 Å². The summed E-state index contributed by atoms with van der Waals surface area (Å²) in [5.41, 5.74) is 1.19. The SMILES string of the molecule is CCCOC(=O)c1c(NC(=O)C(C)n2ncc(Cl)c2C)sc(C(=O)OC)c1C. The number of thiophene rings is 1. The Hall–Kier alpha value is -2.39. The van der Waals surface area contributed by atoms with Crippen LogP contribution in [0.4, 0.5) is 5.00 Å². The third-order valence-corrected chi connectivity index (χ3v) is 5.69. The molecule has 152 valence electrons. The van der Waals surface area contributed by atoms with Crippen molar-refractivity contribution in [2.24, 2.45) is 0 Å². The van der Waals surface area contributed by atoms with Gasteiger partial charge in [0.25, 0.3) is 0 Å². The fourth-order valence-electron chi connectivity index (χ4n) is 2.52. The Morgan fingerprint density at radius 1 is 1.32 bits per heavy atom. The highest BCUT2D eigenvalue weighted by Gasteiger charge is 2.28. The standard InChI is InChI=1S/C18H22ClN3O5S/c1-6-7-27-17(24)13-9(2)14(18(25)26-5)28-16(13)21-15(23)11(4)22-10(3)12(19)8-20-22/h8,11H,6-7H2,1-5H3,(H,21,23). The number of anilines is 1. The number of halogens is 1. The molecular weight excluding hydrogens is 406 g/mol. The number of esters is 2. The van der Waals surface area contributed by atoms with Crippen molar-refractivity contribution in [3.8, 4) is 0 Å². The number of hydrogen-bond donors (Lipinski definition) is 1. The topological polar surface area (TPSA) is 99.5 Å². The highest BCUT2D eigenvalue weighted by Crippen LogP contribution is 2.35. The Morgan fingerprint density at radius 3 is 2.54 bits per heavy atom. The molecular formula is C18H22ClN3O5S. The molecule has 1 unspecified atom stereocenters. The monoisotopic (exact) mass is 427 g/mol. The Labute approximate surface area is 171 Å². The van der Waals surface area contributed by atoms with Crippen LogP contribution in [0.15, 0.2) is 6.20 Å². The minimum atomic E-state index is -0.684. The van der Waals surface area contributed by atoms with Gasteiger partial charge in [-0.15, -0.1) is 11.3 Å². The van der Waals surface area contributed by atoms with Crippen LogP contribution in [0.1, 0.15) is 57.6 Å². The average Bonchev–Trinajstić information content (AvgIpc) is 3.18. The van der Waals surface area contributed by atoms with E-state index in [-0.39, 0.29) is 22.0 Å². The minimum absolute atomic E-state index is 0.148. The first kappa shape index (κ1) is 21.9. The summed E-state index contributed by atoms with van der Waals surface area (Å²) in [6.45, 7) is 7.12. The molecule has 28 heavy (non-hydrogen) atoms. The van der Waals surface area contributed by atoms with Crippen molar-refractivity contribution in [2.75, 3.05) is 19.0 Å². The summed E-state index contributed by atoms with van der Waals surface area (Å²) in [6.07, 6.45) is 2.11. The van der Waals surface area contributed by atoms with E-state index in [9.17, 15) is 14.4 Å². The second-order valence-electron chi connectivity index (χ2n) is 6.08. The van der Waals surface area contributed by atoms with E-state index in [0.29, 0.717) is 22.7 Å². The van der Waals surface area contributed by atoms with Gasteiger partial charge in [0.05, 0.1) is 36.2 Å². The lowest BCUT2D eigenvalue weighted by Gasteiger charge is -2.14.